The molecule has 1 aliphatic rings. The van der Waals surface area contributed by atoms with Gasteiger partial charge >= 0.3 is 5.97 Å². The second-order valence-electron chi connectivity index (χ2n) is 6.69. The van der Waals surface area contributed by atoms with Gasteiger partial charge in [0.15, 0.2) is 0 Å². The molecule has 0 aliphatic heterocycles. The second kappa shape index (κ2) is 6.05. The smallest absolute Gasteiger partial charge is 0.308 e. The Morgan fingerprint density at radius 2 is 1.95 bits per heavy atom. The molecule has 21 heavy (non-hydrogen) atoms. The highest BCUT2D eigenvalue weighted by Gasteiger charge is 2.42. The van der Waals surface area contributed by atoms with Gasteiger partial charge in [-0.2, -0.15) is 0 Å². The van der Waals surface area contributed by atoms with Crippen molar-refractivity contribution in [3.63, 3.8) is 0 Å². The topological polar surface area (TPSA) is 59.4 Å². The lowest BCUT2D eigenvalue weighted by Gasteiger charge is -2.42. The lowest BCUT2D eigenvalue weighted by atomic mass is 9.71. The van der Waals surface area contributed by atoms with Gasteiger partial charge in [-0.25, -0.2) is 4.98 Å². The van der Waals surface area contributed by atoms with E-state index in [9.17, 15) is 4.79 Å². The van der Waals surface area contributed by atoms with E-state index in [0.29, 0.717) is 12.0 Å². The predicted octanol–water partition coefficient (Wildman–Crippen LogP) is 3.91. The standard InChI is InChI=1S/C16H25NO3S/c1-5-20-16(8-6-15(3,4)7-9-16)14-17-11(2)12(21-14)10-13(18)19/h5-10H2,1-4H3,(H,18,19). The van der Waals surface area contributed by atoms with Crippen LogP contribution in [0.25, 0.3) is 0 Å². The van der Waals surface area contributed by atoms with E-state index in [0.717, 1.165) is 41.3 Å². The average molecular weight is 311 g/mol. The number of carboxylic acid groups (broad SMARTS) is 1. The molecule has 0 aromatic carbocycles. The van der Waals surface area contributed by atoms with Crippen molar-refractivity contribution in [2.45, 2.75) is 65.4 Å². The molecule has 0 unspecified atom stereocenters. The molecule has 118 valence electrons. The molecule has 0 atom stereocenters. The van der Waals surface area contributed by atoms with Crippen LogP contribution in [-0.2, 0) is 21.6 Å². The first-order chi connectivity index (χ1) is 9.78. The first kappa shape index (κ1) is 16.4. The monoisotopic (exact) mass is 311 g/mol. The quantitative estimate of drug-likeness (QED) is 0.895. The Hall–Kier alpha value is -0.940. The van der Waals surface area contributed by atoms with Crippen LogP contribution in [0.1, 0.15) is 62.0 Å². The van der Waals surface area contributed by atoms with Gasteiger partial charge in [0.25, 0.3) is 0 Å². The second-order valence-corrected chi connectivity index (χ2v) is 7.77. The maximum Gasteiger partial charge on any atom is 0.308 e. The fraction of sp³-hybridized carbons (Fsp3) is 0.750. The zero-order valence-corrected chi connectivity index (χ0v) is 14.2. The van der Waals surface area contributed by atoms with Gasteiger partial charge in [0.1, 0.15) is 10.6 Å². The van der Waals surface area contributed by atoms with Crippen molar-refractivity contribution in [3.8, 4) is 0 Å². The van der Waals surface area contributed by atoms with Crippen LogP contribution in [0.5, 0.6) is 0 Å². The van der Waals surface area contributed by atoms with Crippen LogP contribution in [0.4, 0.5) is 0 Å². The van der Waals surface area contributed by atoms with Crippen molar-refractivity contribution < 1.29 is 14.6 Å². The summed E-state index contributed by atoms with van der Waals surface area (Å²) in [5.74, 6) is -0.802. The molecule has 0 spiro atoms. The van der Waals surface area contributed by atoms with Gasteiger partial charge in [0.05, 0.1) is 12.1 Å². The number of carboxylic acids is 1. The van der Waals surface area contributed by atoms with Crippen LogP contribution < -0.4 is 0 Å². The summed E-state index contributed by atoms with van der Waals surface area (Å²) < 4.78 is 6.12. The Morgan fingerprint density at radius 3 is 2.48 bits per heavy atom. The third kappa shape index (κ3) is 3.64. The van der Waals surface area contributed by atoms with Gasteiger partial charge < -0.3 is 9.84 Å². The van der Waals surface area contributed by atoms with Gasteiger partial charge in [-0.1, -0.05) is 13.8 Å². The van der Waals surface area contributed by atoms with E-state index in [1.54, 1.807) is 0 Å². The molecule has 0 amide bonds. The average Bonchev–Trinajstić information content (AvgIpc) is 2.74. The van der Waals surface area contributed by atoms with Crippen molar-refractivity contribution >= 4 is 17.3 Å². The number of aliphatic carboxylic acids is 1. The summed E-state index contributed by atoms with van der Waals surface area (Å²) in [6.45, 7) is 9.16. The molecule has 5 heteroatoms. The Kier molecular flexibility index (Phi) is 4.73. The van der Waals surface area contributed by atoms with Crippen LogP contribution in [0.3, 0.4) is 0 Å². The molecule has 4 nitrogen and oxygen atoms in total. The highest BCUT2D eigenvalue weighted by molar-refractivity contribution is 7.12. The Balaban J connectivity index is 2.29. The molecule has 1 heterocycles. The first-order valence-corrected chi connectivity index (χ1v) is 8.42. The minimum Gasteiger partial charge on any atom is -0.481 e. The zero-order chi connectivity index (χ0) is 15.7. The van der Waals surface area contributed by atoms with Gasteiger partial charge in [-0.15, -0.1) is 11.3 Å². The maximum absolute atomic E-state index is 10.9. The van der Waals surface area contributed by atoms with E-state index < -0.39 is 5.97 Å². The van der Waals surface area contributed by atoms with Gasteiger partial charge in [0, 0.05) is 11.5 Å². The number of hydrogen-bond donors (Lipinski definition) is 1. The lowest BCUT2D eigenvalue weighted by Crippen LogP contribution is -2.37. The van der Waals surface area contributed by atoms with E-state index in [1.807, 2.05) is 13.8 Å². The molecule has 1 N–H and O–H groups in total. The number of nitrogens with zero attached hydrogens (tertiary/aromatic N) is 1. The maximum atomic E-state index is 10.9. The molecule has 0 saturated heterocycles. The molecule has 1 aromatic rings. The molecule has 1 aromatic heterocycles. The number of aromatic nitrogens is 1. The minimum absolute atomic E-state index is 0.0528. The number of hydrogen-bond acceptors (Lipinski definition) is 4. The molecule has 0 radical (unpaired) electrons. The van der Waals surface area contributed by atoms with E-state index in [2.05, 4.69) is 18.8 Å². The highest BCUT2D eigenvalue weighted by Crippen LogP contribution is 2.48. The molecular formula is C16H25NO3S. The fourth-order valence-corrected chi connectivity index (χ4v) is 4.21. The summed E-state index contributed by atoms with van der Waals surface area (Å²) in [4.78, 5) is 16.4. The normalized spacial score (nSPS) is 20.4. The van der Waals surface area contributed by atoms with Gasteiger partial charge in [0.2, 0.25) is 0 Å². The highest BCUT2D eigenvalue weighted by atomic mass is 32.1. The largest absolute Gasteiger partial charge is 0.481 e. The van der Waals surface area contributed by atoms with E-state index >= 15 is 0 Å². The van der Waals surface area contributed by atoms with E-state index in [4.69, 9.17) is 9.84 Å². The number of ether oxygens (including phenoxy) is 1. The van der Waals surface area contributed by atoms with Crippen molar-refractivity contribution in [1.82, 2.24) is 4.98 Å². The summed E-state index contributed by atoms with van der Waals surface area (Å²) in [6, 6.07) is 0. The summed E-state index contributed by atoms with van der Waals surface area (Å²) in [6.07, 6.45) is 4.21. The van der Waals surface area contributed by atoms with Crippen molar-refractivity contribution in [2.75, 3.05) is 6.61 Å². The molecule has 2 rings (SSSR count). The molecule has 1 saturated carbocycles. The number of carbonyl (C=O) groups is 1. The van der Waals surface area contributed by atoms with Gasteiger partial charge in [-0.3, -0.25) is 4.79 Å². The number of aryl methyl sites for hydroxylation is 1. The Bertz CT molecular complexity index is 512. The Morgan fingerprint density at radius 1 is 1.33 bits per heavy atom. The number of rotatable bonds is 5. The van der Waals surface area contributed by atoms with Crippen molar-refractivity contribution in [3.05, 3.63) is 15.6 Å². The fourth-order valence-electron chi connectivity index (χ4n) is 2.95. The Labute approximate surface area is 130 Å². The summed E-state index contributed by atoms with van der Waals surface area (Å²) in [7, 11) is 0. The third-order valence-electron chi connectivity index (χ3n) is 4.43. The molecular weight excluding hydrogens is 286 g/mol. The minimum atomic E-state index is -0.802. The van der Waals surface area contributed by atoms with Crippen LogP contribution in [0.15, 0.2) is 0 Å². The molecule has 1 aliphatic carbocycles. The van der Waals surface area contributed by atoms with E-state index in [-0.39, 0.29) is 12.0 Å². The first-order valence-electron chi connectivity index (χ1n) is 7.60. The summed E-state index contributed by atoms with van der Waals surface area (Å²) >= 11 is 1.52. The SMILES string of the molecule is CCOC1(c2nc(C)c(CC(=O)O)s2)CCC(C)(C)CC1. The van der Waals surface area contributed by atoms with Crippen LogP contribution >= 0.6 is 11.3 Å². The molecule has 0 bridgehead atoms. The zero-order valence-electron chi connectivity index (χ0n) is 13.4. The predicted molar refractivity (Wildman–Crippen MR) is 83.7 cm³/mol. The van der Waals surface area contributed by atoms with Crippen LogP contribution in [-0.4, -0.2) is 22.7 Å². The van der Waals surface area contributed by atoms with Gasteiger partial charge in [-0.05, 0) is 44.9 Å². The van der Waals surface area contributed by atoms with Crippen molar-refractivity contribution in [1.29, 1.82) is 0 Å². The summed E-state index contributed by atoms with van der Waals surface area (Å²) in [5, 5.41) is 9.96. The van der Waals surface area contributed by atoms with E-state index in [1.165, 1.54) is 11.3 Å². The summed E-state index contributed by atoms with van der Waals surface area (Å²) in [5.41, 5.74) is 0.883. The number of thiazole rings is 1. The lowest BCUT2D eigenvalue weighted by molar-refractivity contribution is -0.136. The third-order valence-corrected chi connectivity index (χ3v) is 5.77. The van der Waals surface area contributed by atoms with Crippen LogP contribution in [0.2, 0.25) is 0 Å². The molecule has 1 fully saturated rings. The van der Waals surface area contributed by atoms with Crippen LogP contribution in [0, 0.1) is 12.3 Å². The van der Waals surface area contributed by atoms with Crippen molar-refractivity contribution in [2.24, 2.45) is 5.41 Å².